The van der Waals surface area contributed by atoms with E-state index in [4.69, 9.17) is 0 Å². The van der Waals surface area contributed by atoms with E-state index < -0.39 is 11.6 Å². The molecule has 17 heavy (non-hydrogen) atoms. The van der Waals surface area contributed by atoms with Crippen LogP contribution < -0.4 is 0 Å². The minimum Gasteiger partial charge on any atom is -0.465 e. The van der Waals surface area contributed by atoms with Crippen molar-refractivity contribution in [2.24, 2.45) is 0 Å². The third kappa shape index (κ3) is 3.60. The molecule has 1 amide bonds. The molecule has 1 saturated carbocycles. The molecule has 0 spiro atoms. The van der Waals surface area contributed by atoms with Crippen LogP contribution in [0, 0.1) is 0 Å². The molecule has 1 rings (SSSR count). The minimum absolute atomic E-state index is 0.0387. The molecule has 2 N–H and O–H groups in total. The van der Waals surface area contributed by atoms with Gasteiger partial charge in [-0.05, 0) is 19.3 Å². The average molecular weight is 243 g/mol. The summed E-state index contributed by atoms with van der Waals surface area (Å²) in [6, 6.07) is 0. The Kier molecular flexibility index (Phi) is 5.75. The molecule has 0 aromatic heterocycles. The fourth-order valence-corrected chi connectivity index (χ4v) is 2.75. The fraction of sp³-hybridized carbons (Fsp3) is 0.923. The van der Waals surface area contributed by atoms with Crippen molar-refractivity contribution in [1.82, 2.24) is 4.90 Å². The van der Waals surface area contributed by atoms with Crippen LogP contribution >= 0.6 is 0 Å². The molecule has 1 fully saturated rings. The Bertz CT molecular complexity index is 235. The van der Waals surface area contributed by atoms with Gasteiger partial charge in [-0.1, -0.05) is 39.0 Å². The van der Waals surface area contributed by atoms with Crippen molar-refractivity contribution in [1.29, 1.82) is 0 Å². The number of unbranched alkanes of at least 4 members (excludes halogenated alkanes) is 1. The van der Waals surface area contributed by atoms with Gasteiger partial charge in [-0.15, -0.1) is 0 Å². The third-order valence-electron chi connectivity index (χ3n) is 3.87. The SMILES string of the molecule is CCCCN(C(=O)O)C1(CO)CCCCCC1. The molecular weight excluding hydrogens is 218 g/mol. The molecule has 0 aliphatic heterocycles. The summed E-state index contributed by atoms with van der Waals surface area (Å²) >= 11 is 0. The number of hydrogen-bond acceptors (Lipinski definition) is 2. The summed E-state index contributed by atoms with van der Waals surface area (Å²) in [4.78, 5) is 12.9. The van der Waals surface area contributed by atoms with Gasteiger partial charge in [0.2, 0.25) is 0 Å². The zero-order valence-corrected chi connectivity index (χ0v) is 10.8. The number of aliphatic hydroxyl groups excluding tert-OH is 1. The van der Waals surface area contributed by atoms with Gasteiger partial charge in [0.15, 0.2) is 0 Å². The standard InChI is InChI=1S/C13H25NO3/c1-2-3-10-14(12(16)17)13(11-15)8-6-4-5-7-9-13/h15H,2-11H2,1H3,(H,16,17). The Morgan fingerprint density at radius 3 is 2.24 bits per heavy atom. The summed E-state index contributed by atoms with van der Waals surface area (Å²) in [6.07, 6.45) is 6.94. The van der Waals surface area contributed by atoms with Crippen LogP contribution in [0.25, 0.3) is 0 Å². The summed E-state index contributed by atoms with van der Waals surface area (Å²) in [7, 11) is 0. The van der Waals surface area contributed by atoms with Crippen molar-refractivity contribution in [2.75, 3.05) is 13.2 Å². The van der Waals surface area contributed by atoms with E-state index in [2.05, 4.69) is 6.92 Å². The third-order valence-corrected chi connectivity index (χ3v) is 3.87. The number of nitrogens with zero attached hydrogens (tertiary/aromatic N) is 1. The second kappa shape index (κ2) is 6.84. The van der Waals surface area contributed by atoms with E-state index in [1.807, 2.05) is 0 Å². The van der Waals surface area contributed by atoms with Crippen LogP contribution in [0.5, 0.6) is 0 Å². The molecule has 0 unspecified atom stereocenters. The second-order valence-corrected chi connectivity index (χ2v) is 5.08. The van der Waals surface area contributed by atoms with Gasteiger partial charge in [0.05, 0.1) is 12.1 Å². The molecule has 0 bridgehead atoms. The molecule has 1 aliphatic carbocycles. The normalized spacial score (nSPS) is 19.6. The summed E-state index contributed by atoms with van der Waals surface area (Å²) in [6.45, 7) is 2.56. The first kappa shape index (κ1) is 14.3. The van der Waals surface area contributed by atoms with Crippen LogP contribution in [0.1, 0.15) is 58.3 Å². The summed E-state index contributed by atoms with van der Waals surface area (Å²) in [5.41, 5.74) is -0.516. The van der Waals surface area contributed by atoms with Crippen molar-refractivity contribution in [3.8, 4) is 0 Å². The predicted molar refractivity (Wildman–Crippen MR) is 67.2 cm³/mol. The van der Waals surface area contributed by atoms with Gasteiger partial charge in [-0.3, -0.25) is 0 Å². The number of amides is 1. The molecule has 0 saturated heterocycles. The van der Waals surface area contributed by atoms with Crippen molar-refractivity contribution in [3.63, 3.8) is 0 Å². The Labute approximate surface area is 104 Å². The molecule has 0 aromatic rings. The van der Waals surface area contributed by atoms with E-state index in [1.54, 1.807) is 0 Å². The lowest BCUT2D eigenvalue weighted by molar-refractivity contribution is 0.0218. The number of hydrogen-bond donors (Lipinski definition) is 2. The first-order chi connectivity index (χ1) is 8.16. The maximum Gasteiger partial charge on any atom is 0.407 e. The minimum atomic E-state index is -0.880. The summed E-state index contributed by atoms with van der Waals surface area (Å²) < 4.78 is 0. The lowest BCUT2D eigenvalue weighted by Crippen LogP contribution is -2.54. The quantitative estimate of drug-likeness (QED) is 0.730. The monoisotopic (exact) mass is 243 g/mol. The lowest BCUT2D eigenvalue weighted by Gasteiger charge is -2.41. The van der Waals surface area contributed by atoms with Gasteiger partial charge in [-0.2, -0.15) is 0 Å². The van der Waals surface area contributed by atoms with Crippen LogP contribution in [0.2, 0.25) is 0 Å². The first-order valence-corrected chi connectivity index (χ1v) is 6.78. The highest BCUT2D eigenvalue weighted by Crippen LogP contribution is 2.32. The number of aliphatic hydroxyl groups is 1. The van der Waals surface area contributed by atoms with E-state index >= 15 is 0 Å². The van der Waals surface area contributed by atoms with Crippen LogP contribution in [0.4, 0.5) is 4.79 Å². The lowest BCUT2D eigenvalue weighted by atomic mass is 9.89. The van der Waals surface area contributed by atoms with Gasteiger partial charge in [-0.25, -0.2) is 4.79 Å². The Balaban J connectivity index is 2.80. The van der Waals surface area contributed by atoms with E-state index in [0.29, 0.717) is 6.54 Å². The zero-order chi connectivity index (χ0) is 12.7. The Hall–Kier alpha value is -0.770. The van der Waals surface area contributed by atoms with Crippen LogP contribution in [0.3, 0.4) is 0 Å². The molecule has 1 aliphatic rings. The predicted octanol–water partition coefficient (Wildman–Crippen LogP) is 2.85. The average Bonchev–Trinajstić information content (AvgIpc) is 2.55. The summed E-state index contributed by atoms with van der Waals surface area (Å²) in [5.74, 6) is 0. The smallest absolute Gasteiger partial charge is 0.407 e. The van der Waals surface area contributed by atoms with Gasteiger partial charge in [0.1, 0.15) is 0 Å². The molecule has 0 atom stereocenters. The van der Waals surface area contributed by atoms with Crippen molar-refractivity contribution < 1.29 is 15.0 Å². The number of carboxylic acid groups (broad SMARTS) is 1. The highest BCUT2D eigenvalue weighted by molar-refractivity contribution is 5.66. The Morgan fingerprint density at radius 1 is 1.24 bits per heavy atom. The van der Waals surface area contributed by atoms with Crippen LogP contribution in [-0.4, -0.2) is 39.9 Å². The maximum atomic E-state index is 11.4. The van der Waals surface area contributed by atoms with E-state index in [-0.39, 0.29) is 6.61 Å². The van der Waals surface area contributed by atoms with Gasteiger partial charge < -0.3 is 15.1 Å². The fourth-order valence-electron chi connectivity index (χ4n) is 2.75. The number of rotatable bonds is 5. The molecule has 4 nitrogen and oxygen atoms in total. The summed E-state index contributed by atoms with van der Waals surface area (Å²) in [5, 5.41) is 19.0. The highest BCUT2D eigenvalue weighted by atomic mass is 16.4. The topological polar surface area (TPSA) is 60.8 Å². The van der Waals surface area contributed by atoms with Crippen LogP contribution in [-0.2, 0) is 0 Å². The molecule has 0 radical (unpaired) electrons. The van der Waals surface area contributed by atoms with E-state index in [9.17, 15) is 15.0 Å². The van der Waals surface area contributed by atoms with Crippen molar-refractivity contribution in [3.05, 3.63) is 0 Å². The van der Waals surface area contributed by atoms with E-state index in [0.717, 1.165) is 51.4 Å². The van der Waals surface area contributed by atoms with E-state index in [1.165, 1.54) is 4.90 Å². The van der Waals surface area contributed by atoms with Gasteiger partial charge in [0, 0.05) is 6.54 Å². The Morgan fingerprint density at radius 2 is 1.82 bits per heavy atom. The molecular formula is C13H25NO3. The molecule has 0 heterocycles. The van der Waals surface area contributed by atoms with Crippen LogP contribution in [0.15, 0.2) is 0 Å². The highest BCUT2D eigenvalue weighted by Gasteiger charge is 2.39. The molecule has 4 heteroatoms. The molecule has 0 aromatic carbocycles. The second-order valence-electron chi connectivity index (χ2n) is 5.08. The zero-order valence-electron chi connectivity index (χ0n) is 10.8. The van der Waals surface area contributed by atoms with Gasteiger partial charge in [0.25, 0.3) is 0 Å². The van der Waals surface area contributed by atoms with Gasteiger partial charge >= 0.3 is 6.09 Å². The largest absolute Gasteiger partial charge is 0.465 e. The molecule has 100 valence electrons. The van der Waals surface area contributed by atoms with Crippen molar-refractivity contribution in [2.45, 2.75) is 63.8 Å². The number of carbonyl (C=O) groups is 1. The maximum absolute atomic E-state index is 11.4. The first-order valence-electron chi connectivity index (χ1n) is 6.78. The van der Waals surface area contributed by atoms with Crippen molar-refractivity contribution >= 4 is 6.09 Å².